The van der Waals surface area contributed by atoms with Crippen LogP contribution in [-0.2, 0) is 11.4 Å². The molecule has 2 aromatic rings. The van der Waals surface area contributed by atoms with Crippen molar-refractivity contribution >= 4 is 17.7 Å². The Morgan fingerprint density at radius 1 is 1.27 bits per heavy atom. The van der Waals surface area contributed by atoms with Crippen molar-refractivity contribution in [1.82, 2.24) is 20.2 Å². The number of hydrogen-bond donors (Lipinski definition) is 2. The summed E-state index contributed by atoms with van der Waals surface area (Å²) in [5.41, 5.74) is 2.28. The first-order valence-corrected chi connectivity index (χ1v) is 9.82. The Morgan fingerprint density at radius 2 is 1.96 bits per heavy atom. The molecule has 0 spiro atoms. The number of nitrogens with two attached hydrogens (primary N) is 1. The summed E-state index contributed by atoms with van der Waals surface area (Å²) in [7, 11) is 0. The van der Waals surface area contributed by atoms with Gasteiger partial charge in [-0.1, -0.05) is 30.7 Å². The van der Waals surface area contributed by atoms with Crippen molar-refractivity contribution in [2.75, 3.05) is 11.6 Å². The van der Waals surface area contributed by atoms with Crippen LogP contribution in [0.3, 0.4) is 0 Å². The highest BCUT2D eigenvalue weighted by Gasteiger charge is 2.18. The van der Waals surface area contributed by atoms with Gasteiger partial charge in [0.1, 0.15) is 12.4 Å². The van der Waals surface area contributed by atoms with Gasteiger partial charge in [-0.15, -0.1) is 10.2 Å². The van der Waals surface area contributed by atoms with Crippen LogP contribution in [0.5, 0.6) is 5.75 Å². The lowest BCUT2D eigenvalue weighted by atomic mass is 10.1. The number of carbonyl (C=O) groups is 1. The minimum atomic E-state index is 0.0120. The number of carbonyl (C=O) groups excluding carboxylic acids is 1. The van der Waals surface area contributed by atoms with Gasteiger partial charge in [-0.05, 0) is 49.9 Å². The topological polar surface area (TPSA) is 95.1 Å². The largest absolute Gasteiger partial charge is 0.486 e. The van der Waals surface area contributed by atoms with Gasteiger partial charge in [-0.3, -0.25) is 4.79 Å². The second kappa shape index (κ2) is 8.44. The van der Waals surface area contributed by atoms with Crippen LogP contribution in [0.25, 0.3) is 0 Å². The van der Waals surface area contributed by atoms with Crippen LogP contribution in [0.4, 0.5) is 0 Å². The Hall–Kier alpha value is -2.22. The molecular formula is C18H25N5O2S. The van der Waals surface area contributed by atoms with E-state index in [1.54, 1.807) is 0 Å². The van der Waals surface area contributed by atoms with Crippen LogP contribution in [0.1, 0.15) is 42.6 Å². The third-order valence-corrected chi connectivity index (χ3v) is 5.29. The standard InChI is InChI=1S/C18H25N5O2S/c1-12-7-13(2)9-15(8-12)25-10-16-21-22-18(23(16)19)26-11-17(24)20-14-5-3-4-6-14/h7-9,14H,3-6,10-11,19H2,1-2H3,(H,20,24). The van der Waals surface area contributed by atoms with E-state index in [2.05, 4.69) is 21.6 Å². The first kappa shape index (κ1) is 18.6. The quantitative estimate of drug-likeness (QED) is 0.570. The summed E-state index contributed by atoms with van der Waals surface area (Å²) in [6.07, 6.45) is 4.53. The van der Waals surface area contributed by atoms with E-state index >= 15 is 0 Å². The number of aromatic nitrogens is 3. The molecule has 0 bridgehead atoms. The number of benzene rings is 1. The van der Waals surface area contributed by atoms with E-state index in [1.165, 1.54) is 29.3 Å². The average Bonchev–Trinajstić information content (AvgIpc) is 3.20. The van der Waals surface area contributed by atoms with Crippen molar-refractivity contribution in [2.45, 2.75) is 57.3 Å². The molecule has 0 radical (unpaired) electrons. The number of nitrogens with one attached hydrogen (secondary N) is 1. The average molecular weight is 375 g/mol. The highest BCUT2D eigenvalue weighted by molar-refractivity contribution is 7.99. The Kier molecular flexibility index (Phi) is 6.03. The van der Waals surface area contributed by atoms with E-state index in [0.717, 1.165) is 29.7 Å². The molecule has 1 heterocycles. The number of aryl methyl sites for hydroxylation is 2. The van der Waals surface area contributed by atoms with Crippen molar-refractivity contribution < 1.29 is 9.53 Å². The predicted octanol–water partition coefficient (Wildman–Crippen LogP) is 2.34. The summed E-state index contributed by atoms with van der Waals surface area (Å²) >= 11 is 1.28. The molecule has 1 fully saturated rings. The van der Waals surface area contributed by atoms with Crippen molar-refractivity contribution in [3.05, 3.63) is 35.2 Å². The first-order chi connectivity index (χ1) is 12.5. The minimum Gasteiger partial charge on any atom is -0.486 e. The number of nitrogens with zero attached hydrogens (tertiary/aromatic N) is 3. The Labute approximate surface area is 157 Å². The maximum Gasteiger partial charge on any atom is 0.230 e. The van der Waals surface area contributed by atoms with Crippen LogP contribution in [-0.4, -0.2) is 32.6 Å². The summed E-state index contributed by atoms with van der Waals surface area (Å²) in [6.45, 7) is 4.27. The molecular weight excluding hydrogens is 350 g/mol. The molecule has 1 aromatic heterocycles. The van der Waals surface area contributed by atoms with Crippen LogP contribution >= 0.6 is 11.8 Å². The molecule has 26 heavy (non-hydrogen) atoms. The van der Waals surface area contributed by atoms with Gasteiger partial charge in [0.05, 0.1) is 5.75 Å². The molecule has 3 N–H and O–H groups in total. The zero-order valence-corrected chi connectivity index (χ0v) is 16.0. The molecule has 1 aliphatic rings. The molecule has 0 saturated heterocycles. The van der Waals surface area contributed by atoms with Gasteiger partial charge < -0.3 is 15.9 Å². The zero-order valence-electron chi connectivity index (χ0n) is 15.2. The molecule has 3 rings (SSSR count). The maximum absolute atomic E-state index is 12.0. The fraction of sp³-hybridized carbons (Fsp3) is 0.500. The van der Waals surface area contributed by atoms with Crippen molar-refractivity contribution in [2.24, 2.45) is 0 Å². The van der Waals surface area contributed by atoms with Crippen molar-refractivity contribution in [3.8, 4) is 5.75 Å². The van der Waals surface area contributed by atoms with E-state index in [-0.39, 0.29) is 18.3 Å². The number of amides is 1. The third-order valence-electron chi connectivity index (χ3n) is 4.35. The maximum atomic E-state index is 12.0. The number of nitrogen functional groups attached to an aromatic ring is 1. The van der Waals surface area contributed by atoms with Gasteiger partial charge in [0.2, 0.25) is 11.1 Å². The molecule has 1 aromatic carbocycles. The number of ether oxygens (including phenoxy) is 1. The molecule has 0 atom stereocenters. The highest BCUT2D eigenvalue weighted by atomic mass is 32.2. The van der Waals surface area contributed by atoms with Gasteiger partial charge in [0, 0.05) is 6.04 Å². The van der Waals surface area contributed by atoms with Crippen LogP contribution < -0.4 is 15.9 Å². The van der Waals surface area contributed by atoms with E-state index < -0.39 is 0 Å². The molecule has 1 saturated carbocycles. The summed E-state index contributed by atoms with van der Waals surface area (Å²) in [5, 5.41) is 11.7. The first-order valence-electron chi connectivity index (χ1n) is 8.84. The van der Waals surface area contributed by atoms with E-state index in [9.17, 15) is 4.79 Å². The van der Waals surface area contributed by atoms with Gasteiger partial charge >= 0.3 is 0 Å². The summed E-state index contributed by atoms with van der Waals surface area (Å²) in [5.74, 6) is 7.62. The van der Waals surface area contributed by atoms with Crippen LogP contribution in [0.15, 0.2) is 23.4 Å². The molecule has 8 heteroatoms. The molecule has 0 aliphatic heterocycles. The fourth-order valence-corrected chi connectivity index (χ4v) is 3.82. The lowest BCUT2D eigenvalue weighted by Crippen LogP contribution is -2.34. The van der Waals surface area contributed by atoms with Crippen LogP contribution in [0, 0.1) is 13.8 Å². The fourth-order valence-electron chi connectivity index (χ4n) is 3.14. The Morgan fingerprint density at radius 3 is 2.65 bits per heavy atom. The second-order valence-electron chi connectivity index (χ2n) is 6.72. The summed E-state index contributed by atoms with van der Waals surface area (Å²) < 4.78 is 7.16. The highest BCUT2D eigenvalue weighted by Crippen LogP contribution is 2.20. The molecule has 7 nitrogen and oxygen atoms in total. The lowest BCUT2D eigenvalue weighted by Gasteiger charge is -2.11. The monoisotopic (exact) mass is 375 g/mol. The van der Waals surface area contributed by atoms with Gasteiger partial charge in [-0.25, -0.2) is 4.68 Å². The number of hydrogen-bond acceptors (Lipinski definition) is 6. The minimum absolute atomic E-state index is 0.0120. The summed E-state index contributed by atoms with van der Waals surface area (Å²) in [6, 6.07) is 6.34. The van der Waals surface area contributed by atoms with Gasteiger partial charge in [-0.2, -0.15) is 0 Å². The lowest BCUT2D eigenvalue weighted by molar-refractivity contribution is -0.119. The van der Waals surface area contributed by atoms with E-state index in [4.69, 9.17) is 10.6 Å². The van der Waals surface area contributed by atoms with Crippen molar-refractivity contribution in [3.63, 3.8) is 0 Å². The SMILES string of the molecule is Cc1cc(C)cc(OCc2nnc(SCC(=O)NC3CCCC3)n2N)c1. The van der Waals surface area contributed by atoms with E-state index in [1.807, 2.05) is 26.0 Å². The van der Waals surface area contributed by atoms with E-state index in [0.29, 0.717) is 17.0 Å². The van der Waals surface area contributed by atoms with Crippen LogP contribution in [0.2, 0.25) is 0 Å². The van der Waals surface area contributed by atoms with Crippen molar-refractivity contribution in [1.29, 1.82) is 0 Å². The smallest absolute Gasteiger partial charge is 0.230 e. The Bertz CT molecular complexity index is 751. The zero-order chi connectivity index (χ0) is 18.5. The van der Waals surface area contributed by atoms with Gasteiger partial charge in [0.15, 0.2) is 5.82 Å². The number of thioether (sulfide) groups is 1. The molecule has 1 amide bonds. The Balaban J connectivity index is 1.51. The predicted molar refractivity (Wildman–Crippen MR) is 102 cm³/mol. The second-order valence-corrected chi connectivity index (χ2v) is 7.66. The molecule has 140 valence electrons. The van der Waals surface area contributed by atoms with Gasteiger partial charge in [0.25, 0.3) is 0 Å². The third kappa shape index (κ3) is 4.91. The number of rotatable bonds is 7. The molecule has 0 unspecified atom stereocenters. The summed E-state index contributed by atoms with van der Waals surface area (Å²) in [4.78, 5) is 12.0. The normalized spacial score (nSPS) is 14.5. The molecule has 1 aliphatic carbocycles.